The van der Waals surface area contributed by atoms with Crippen molar-refractivity contribution in [3.8, 4) is 5.75 Å². The van der Waals surface area contributed by atoms with E-state index in [9.17, 15) is 4.79 Å². The maximum Gasteiger partial charge on any atom is 0.256 e. The first-order valence-corrected chi connectivity index (χ1v) is 7.89. The number of para-hydroxylation sites is 1. The molecule has 1 aliphatic rings. The Bertz CT molecular complexity index is 516. The lowest BCUT2D eigenvalue weighted by atomic mass is 10.2. The molecule has 1 heterocycles. The quantitative estimate of drug-likeness (QED) is 0.831. The van der Waals surface area contributed by atoms with Crippen LogP contribution in [-0.2, 0) is 4.74 Å². The zero-order valence-corrected chi connectivity index (χ0v) is 14.3. The molecule has 8 heteroatoms. The van der Waals surface area contributed by atoms with Crippen LogP contribution in [0.2, 0.25) is 0 Å². The van der Waals surface area contributed by atoms with Crippen LogP contribution < -0.4 is 10.1 Å². The Labute approximate surface area is 144 Å². The van der Waals surface area contributed by atoms with Gasteiger partial charge in [-0.1, -0.05) is 46.9 Å². The number of nitrogens with zero attached hydrogens (tertiary/aromatic N) is 1. The topological polar surface area (TPSA) is 50.8 Å². The SMILES string of the molecule is COc1ccccc1C(=O)N[C@@H](N1CCOCC1)C(Cl)(Cl)Cl. The molecule has 1 atom stereocenters. The molecule has 2 rings (SSSR count). The number of halogens is 3. The van der Waals surface area contributed by atoms with Gasteiger partial charge in [-0.25, -0.2) is 0 Å². The highest BCUT2D eigenvalue weighted by molar-refractivity contribution is 6.68. The Balaban J connectivity index is 2.17. The highest BCUT2D eigenvalue weighted by Crippen LogP contribution is 2.33. The van der Waals surface area contributed by atoms with Gasteiger partial charge in [0.05, 0.1) is 25.9 Å². The number of hydrogen-bond acceptors (Lipinski definition) is 4. The number of nitrogens with one attached hydrogen (secondary N) is 1. The fourth-order valence-electron chi connectivity index (χ4n) is 2.25. The Kier molecular flexibility index (Phi) is 6.17. The number of carbonyl (C=O) groups excluding carboxylic acids is 1. The predicted molar refractivity (Wildman–Crippen MR) is 86.9 cm³/mol. The van der Waals surface area contributed by atoms with Crippen molar-refractivity contribution < 1.29 is 14.3 Å². The van der Waals surface area contributed by atoms with Crippen molar-refractivity contribution in [2.75, 3.05) is 33.4 Å². The molecular formula is C14H17Cl3N2O3. The zero-order valence-electron chi connectivity index (χ0n) is 12.0. The van der Waals surface area contributed by atoms with Gasteiger partial charge in [0.1, 0.15) is 11.9 Å². The first-order chi connectivity index (χ1) is 10.4. The molecule has 0 saturated carbocycles. The van der Waals surface area contributed by atoms with Crippen molar-refractivity contribution in [1.82, 2.24) is 10.2 Å². The summed E-state index contributed by atoms with van der Waals surface area (Å²) in [5.41, 5.74) is 0.387. The van der Waals surface area contributed by atoms with E-state index in [2.05, 4.69) is 5.32 Å². The molecule has 22 heavy (non-hydrogen) atoms. The lowest BCUT2D eigenvalue weighted by Gasteiger charge is -2.38. The van der Waals surface area contributed by atoms with E-state index in [-0.39, 0.29) is 5.91 Å². The van der Waals surface area contributed by atoms with Crippen molar-refractivity contribution in [2.45, 2.75) is 9.96 Å². The number of amides is 1. The Morgan fingerprint density at radius 1 is 1.32 bits per heavy atom. The first-order valence-electron chi connectivity index (χ1n) is 6.76. The van der Waals surface area contributed by atoms with Crippen LogP contribution in [0, 0.1) is 0 Å². The van der Waals surface area contributed by atoms with Gasteiger partial charge >= 0.3 is 0 Å². The summed E-state index contributed by atoms with van der Waals surface area (Å²) in [7, 11) is 1.50. The van der Waals surface area contributed by atoms with Crippen LogP contribution in [0.25, 0.3) is 0 Å². The summed E-state index contributed by atoms with van der Waals surface area (Å²) >= 11 is 18.1. The van der Waals surface area contributed by atoms with E-state index >= 15 is 0 Å². The summed E-state index contributed by atoms with van der Waals surface area (Å²) in [5, 5.41) is 2.77. The van der Waals surface area contributed by atoms with Crippen molar-refractivity contribution >= 4 is 40.7 Å². The fourth-order valence-corrected chi connectivity index (χ4v) is 2.83. The second-order valence-electron chi connectivity index (χ2n) is 4.77. The van der Waals surface area contributed by atoms with E-state index in [0.717, 1.165) is 0 Å². The lowest BCUT2D eigenvalue weighted by molar-refractivity contribution is 0.00993. The van der Waals surface area contributed by atoms with E-state index in [1.54, 1.807) is 24.3 Å². The average molecular weight is 368 g/mol. The molecule has 5 nitrogen and oxygen atoms in total. The van der Waals surface area contributed by atoms with Crippen LogP contribution in [0.15, 0.2) is 24.3 Å². The number of alkyl halides is 3. The highest BCUT2D eigenvalue weighted by atomic mass is 35.6. The highest BCUT2D eigenvalue weighted by Gasteiger charge is 2.39. The average Bonchev–Trinajstić information content (AvgIpc) is 2.52. The van der Waals surface area contributed by atoms with Crippen LogP contribution in [0.4, 0.5) is 0 Å². The minimum Gasteiger partial charge on any atom is -0.496 e. The number of methoxy groups -OCH3 is 1. The number of ether oxygens (including phenoxy) is 2. The van der Waals surface area contributed by atoms with Crippen LogP contribution in [0.1, 0.15) is 10.4 Å². The maximum absolute atomic E-state index is 12.5. The third-order valence-corrected chi connectivity index (χ3v) is 3.96. The van der Waals surface area contributed by atoms with Crippen molar-refractivity contribution in [3.05, 3.63) is 29.8 Å². The summed E-state index contributed by atoms with van der Waals surface area (Å²) in [6.45, 7) is 2.21. The third kappa shape index (κ3) is 4.40. The molecule has 1 aromatic carbocycles. The van der Waals surface area contributed by atoms with Crippen LogP contribution in [0.3, 0.4) is 0 Å². The number of morpholine rings is 1. The van der Waals surface area contributed by atoms with Gasteiger partial charge in [0, 0.05) is 13.1 Å². The normalized spacial score (nSPS) is 17.8. The monoisotopic (exact) mass is 366 g/mol. The molecule has 1 aliphatic heterocycles. The molecule has 1 fully saturated rings. The van der Waals surface area contributed by atoms with Gasteiger partial charge in [0.25, 0.3) is 5.91 Å². The minimum atomic E-state index is -1.66. The Morgan fingerprint density at radius 2 is 1.95 bits per heavy atom. The number of rotatable bonds is 4. The number of hydrogen-bond donors (Lipinski definition) is 1. The summed E-state index contributed by atoms with van der Waals surface area (Å²) in [6, 6.07) is 6.89. The second-order valence-corrected chi connectivity index (χ2v) is 7.14. The molecule has 0 bridgehead atoms. The summed E-state index contributed by atoms with van der Waals surface area (Å²) in [4.78, 5) is 14.4. The van der Waals surface area contributed by atoms with Gasteiger partial charge in [-0.3, -0.25) is 9.69 Å². The molecule has 122 valence electrons. The smallest absolute Gasteiger partial charge is 0.256 e. The molecule has 1 N–H and O–H groups in total. The third-order valence-electron chi connectivity index (χ3n) is 3.34. The Morgan fingerprint density at radius 3 is 2.55 bits per heavy atom. The largest absolute Gasteiger partial charge is 0.496 e. The number of benzene rings is 1. The molecule has 0 aromatic heterocycles. The molecular weight excluding hydrogens is 351 g/mol. The van der Waals surface area contributed by atoms with E-state index in [4.69, 9.17) is 44.3 Å². The molecule has 0 spiro atoms. The van der Waals surface area contributed by atoms with Crippen LogP contribution >= 0.6 is 34.8 Å². The van der Waals surface area contributed by atoms with Crippen LogP contribution in [-0.4, -0.2) is 54.2 Å². The van der Waals surface area contributed by atoms with E-state index < -0.39 is 9.96 Å². The summed E-state index contributed by atoms with van der Waals surface area (Å²) < 4.78 is 8.81. The van der Waals surface area contributed by atoms with E-state index in [1.807, 2.05) is 4.90 Å². The van der Waals surface area contributed by atoms with Crippen LogP contribution in [0.5, 0.6) is 5.75 Å². The van der Waals surface area contributed by atoms with Gasteiger partial charge in [-0.05, 0) is 12.1 Å². The Hall–Kier alpha value is -0.720. The lowest BCUT2D eigenvalue weighted by Crippen LogP contribution is -2.58. The standard InChI is InChI=1S/C14H17Cl3N2O3/c1-21-11-5-3-2-4-10(11)12(20)18-13(14(15,16)17)19-6-8-22-9-7-19/h2-5,13H,6-9H2,1H3,(H,18,20)/t13-/m0/s1. The predicted octanol–water partition coefficient (Wildman–Crippen LogP) is 2.45. The summed E-state index contributed by atoms with van der Waals surface area (Å²) in [6.07, 6.45) is -0.751. The zero-order chi connectivity index (χ0) is 16.2. The minimum absolute atomic E-state index is 0.361. The molecule has 0 radical (unpaired) electrons. The first kappa shape index (κ1) is 17.6. The van der Waals surface area contributed by atoms with Gasteiger partial charge in [0.15, 0.2) is 0 Å². The second kappa shape index (κ2) is 7.70. The number of carbonyl (C=O) groups is 1. The van der Waals surface area contributed by atoms with E-state index in [0.29, 0.717) is 37.6 Å². The van der Waals surface area contributed by atoms with Gasteiger partial charge in [-0.2, -0.15) is 0 Å². The van der Waals surface area contributed by atoms with Gasteiger partial charge in [-0.15, -0.1) is 0 Å². The maximum atomic E-state index is 12.5. The molecule has 0 aliphatic carbocycles. The van der Waals surface area contributed by atoms with Crippen molar-refractivity contribution in [1.29, 1.82) is 0 Å². The van der Waals surface area contributed by atoms with Crippen molar-refractivity contribution in [2.24, 2.45) is 0 Å². The molecule has 0 unspecified atom stereocenters. The van der Waals surface area contributed by atoms with Crippen molar-refractivity contribution in [3.63, 3.8) is 0 Å². The molecule has 1 aromatic rings. The molecule has 1 amide bonds. The fraction of sp³-hybridized carbons (Fsp3) is 0.500. The van der Waals surface area contributed by atoms with E-state index in [1.165, 1.54) is 7.11 Å². The molecule has 1 saturated heterocycles. The van der Waals surface area contributed by atoms with Gasteiger partial charge in [0.2, 0.25) is 3.79 Å². The van der Waals surface area contributed by atoms with Gasteiger partial charge < -0.3 is 14.8 Å². The summed E-state index contributed by atoms with van der Waals surface area (Å²) in [5.74, 6) is 0.102.